The van der Waals surface area contributed by atoms with Crippen LogP contribution >= 0.6 is 0 Å². The van der Waals surface area contributed by atoms with Gasteiger partial charge in [-0.05, 0) is 60.2 Å². The maximum Gasteiger partial charge on any atom is 0.410 e. The van der Waals surface area contributed by atoms with Crippen LogP contribution in [-0.2, 0) is 12.8 Å². The normalized spacial score (nSPS) is 18.9. The van der Waals surface area contributed by atoms with Gasteiger partial charge in [0, 0.05) is 12.1 Å². The number of alkyl halides is 3. The molecule has 2 atom stereocenters. The van der Waals surface area contributed by atoms with Crippen LogP contribution < -0.4 is 20.1 Å². The number of nitrogens with zero attached hydrogens (tertiary/aromatic N) is 2. The minimum absolute atomic E-state index is 0.0250. The second kappa shape index (κ2) is 8.83. The fourth-order valence-corrected chi connectivity index (χ4v) is 4.86. The summed E-state index contributed by atoms with van der Waals surface area (Å²) >= 11 is 0. The number of halogens is 3. The molecule has 5 rings (SSSR count). The first-order chi connectivity index (χ1) is 16.8. The van der Waals surface area contributed by atoms with Crippen molar-refractivity contribution >= 4 is 17.4 Å². The number of hydrogen-bond acceptors (Lipinski definition) is 5. The Morgan fingerprint density at radius 1 is 1.09 bits per heavy atom. The number of benzene rings is 2. The monoisotopic (exact) mass is 486 g/mol. The summed E-state index contributed by atoms with van der Waals surface area (Å²) in [7, 11) is 2.95. The van der Waals surface area contributed by atoms with Crippen molar-refractivity contribution in [1.29, 1.82) is 0 Å². The molecule has 3 aromatic rings. The van der Waals surface area contributed by atoms with Gasteiger partial charge >= 0.3 is 6.18 Å². The zero-order valence-electron chi connectivity index (χ0n) is 19.3. The van der Waals surface area contributed by atoms with E-state index in [1.165, 1.54) is 31.5 Å². The molecule has 0 saturated carbocycles. The minimum Gasteiger partial charge on any atom is -0.493 e. The molecule has 0 radical (unpaired) electrons. The number of anilines is 2. The summed E-state index contributed by atoms with van der Waals surface area (Å²) in [4.78, 5) is 13.1. The van der Waals surface area contributed by atoms with E-state index < -0.39 is 24.2 Å². The van der Waals surface area contributed by atoms with Crippen LogP contribution in [0.1, 0.15) is 52.0 Å². The van der Waals surface area contributed by atoms with Crippen LogP contribution in [0.5, 0.6) is 11.5 Å². The second-order valence-electron chi connectivity index (χ2n) is 8.75. The van der Waals surface area contributed by atoms with E-state index in [9.17, 15) is 18.0 Å². The number of carbonyl (C=O) groups excluding carboxylic acids is 1. The SMILES string of the molecule is COc1ccc([C@H]2C[C@@H](C(F)(F)F)n3ncc(C(=O)Nc4ccc5c(c4)CCC5)c3N2)cc1OC. The molecule has 0 saturated heterocycles. The summed E-state index contributed by atoms with van der Waals surface area (Å²) in [6.45, 7) is 0. The summed E-state index contributed by atoms with van der Waals surface area (Å²) in [5.74, 6) is 0.380. The molecule has 0 spiro atoms. The van der Waals surface area contributed by atoms with Gasteiger partial charge in [0.15, 0.2) is 17.5 Å². The average molecular weight is 486 g/mol. The van der Waals surface area contributed by atoms with Crippen LogP contribution in [0.4, 0.5) is 24.7 Å². The average Bonchev–Trinajstić information content (AvgIpc) is 3.48. The van der Waals surface area contributed by atoms with E-state index in [0.717, 1.165) is 23.9 Å². The fraction of sp³-hybridized carbons (Fsp3) is 0.360. The van der Waals surface area contributed by atoms with Crippen molar-refractivity contribution in [1.82, 2.24) is 9.78 Å². The van der Waals surface area contributed by atoms with Crippen LogP contribution in [0.25, 0.3) is 0 Å². The Hall–Kier alpha value is -3.69. The molecular weight excluding hydrogens is 461 g/mol. The molecule has 2 aliphatic rings. The van der Waals surface area contributed by atoms with E-state index in [0.29, 0.717) is 22.7 Å². The van der Waals surface area contributed by atoms with Crippen LogP contribution in [0.2, 0.25) is 0 Å². The molecule has 1 aromatic heterocycles. The first-order valence-electron chi connectivity index (χ1n) is 11.3. The quantitative estimate of drug-likeness (QED) is 0.512. The molecule has 184 valence electrons. The molecular formula is C25H25F3N4O3. The van der Waals surface area contributed by atoms with E-state index in [4.69, 9.17) is 9.47 Å². The van der Waals surface area contributed by atoms with Gasteiger partial charge in [-0.1, -0.05) is 12.1 Å². The highest BCUT2D eigenvalue weighted by atomic mass is 19.4. The molecule has 1 amide bonds. The predicted octanol–water partition coefficient (Wildman–Crippen LogP) is 5.30. The van der Waals surface area contributed by atoms with Crippen LogP contribution in [-0.4, -0.2) is 36.1 Å². The zero-order chi connectivity index (χ0) is 24.7. The van der Waals surface area contributed by atoms with Crippen molar-refractivity contribution in [2.75, 3.05) is 24.9 Å². The number of carbonyl (C=O) groups is 1. The third-order valence-electron chi connectivity index (χ3n) is 6.65. The second-order valence-corrected chi connectivity index (χ2v) is 8.75. The van der Waals surface area contributed by atoms with Gasteiger partial charge in [0.25, 0.3) is 5.91 Å². The van der Waals surface area contributed by atoms with Crippen molar-refractivity contribution in [3.8, 4) is 11.5 Å². The molecule has 0 unspecified atom stereocenters. The van der Waals surface area contributed by atoms with Gasteiger partial charge < -0.3 is 20.1 Å². The number of aromatic nitrogens is 2. The van der Waals surface area contributed by atoms with E-state index in [-0.39, 0.29) is 17.8 Å². The van der Waals surface area contributed by atoms with Crippen molar-refractivity contribution in [3.05, 3.63) is 64.8 Å². The van der Waals surface area contributed by atoms with E-state index in [1.807, 2.05) is 18.2 Å². The lowest BCUT2D eigenvalue weighted by Gasteiger charge is -2.34. The number of fused-ring (bicyclic) bond motifs is 2. The van der Waals surface area contributed by atoms with Gasteiger partial charge in [-0.15, -0.1) is 0 Å². The highest BCUT2D eigenvalue weighted by Crippen LogP contribution is 2.45. The Kier molecular flexibility index (Phi) is 5.82. The van der Waals surface area contributed by atoms with E-state index in [1.54, 1.807) is 18.2 Å². The van der Waals surface area contributed by atoms with Crippen LogP contribution in [0.3, 0.4) is 0 Å². The van der Waals surface area contributed by atoms with Crippen LogP contribution in [0.15, 0.2) is 42.6 Å². The molecule has 10 heteroatoms. The Morgan fingerprint density at radius 3 is 2.60 bits per heavy atom. The molecule has 0 bridgehead atoms. The van der Waals surface area contributed by atoms with Gasteiger partial charge in [0.1, 0.15) is 11.4 Å². The number of aryl methyl sites for hydroxylation is 2. The van der Waals surface area contributed by atoms with Gasteiger partial charge in [-0.25, -0.2) is 4.68 Å². The van der Waals surface area contributed by atoms with Crippen LogP contribution in [0, 0.1) is 0 Å². The van der Waals surface area contributed by atoms with Crippen molar-refractivity contribution in [2.24, 2.45) is 0 Å². The Labute approximate surface area is 200 Å². The lowest BCUT2D eigenvalue weighted by molar-refractivity contribution is -0.173. The van der Waals surface area contributed by atoms with E-state index >= 15 is 0 Å². The first kappa shape index (κ1) is 23.1. The summed E-state index contributed by atoms with van der Waals surface area (Å²) in [6.07, 6.45) is -0.625. The largest absolute Gasteiger partial charge is 0.493 e. The summed E-state index contributed by atoms with van der Waals surface area (Å²) in [6, 6.07) is 8.08. The summed E-state index contributed by atoms with van der Waals surface area (Å²) in [5, 5.41) is 9.86. The highest BCUT2D eigenvalue weighted by molar-refractivity contribution is 6.07. The predicted molar refractivity (Wildman–Crippen MR) is 124 cm³/mol. The van der Waals surface area contributed by atoms with Gasteiger partial charge in [-0.3, -0.25) is 4.79 Å². The standard InChI is InChI=1S/C25H25F3N4O3/c1-34-20-9-7-16(11-21(20)35-2)19-12-22(25(26,27)28)32-23(31-19)18(13-29-32)24(33)30-17-8-6-14-4-3-5-15(14)10-17/h6-11,13,19,22,31H,3-5,12H2,1-2H3,(H,30,33)/t19-,22+/m1/s1. The van der Waals surface area contributed by atoms with Crippen molar-refractivity contribution in [3.63, 3.8) is 0 Å². The zero-order valence-corrected chi connectivity index (χ0v) is 19.3. The molecule has 1 aliphatic heterocycles. The number of amides is 1. The fourth-order valence-electron chi connectivity index (χ4n) is 4.86. The van der Waals surface area contributed by atoms with Crippen molar-refractivity contribution in [2.45, 2.75) is 43.9 Å². The third kappa shape index (κ3) is 4.28. The Balaban J connectivity index is 1.47. The molecule has 35 heavy (non-hydrogen) atoms. The maximum absolute atomic E-state index is 14.0. The number of hydrogen-bond donors (Lipinski definition) is 2. The minimum atomic E-state index is -4.55. The molecule has 2 N–H and O–H groups in total. The van der Waals surface area contributed by atoms with Gasteiger partial charge in [-0.2, -0.15) is 18.3 Å². The van der Waals surface area contributed by atoms with Gasteiger partial charge in [0.2, 0.25) is 0 Å². The number of methoxy groups -OCH3 is 2. The summed E-state index contributed by atoms with van der Waals surface area (Å²) in [5.41, 5.74) is 3.68. The molecule has 7 nitrogen and oxygen atoms in total. The van der Waals surface area contributed by atoms with Crippen molar-refractivity contribution < 1.29 is 27.4 Å². The lowest BCUT2D eigenvalue weighted by atomic mass is 9.96. The number of rotatable bonds is 5. The number of ether oxygens (including phenoxy) is 2. The molecule has 2 heterocycles. The summed E-state index contributed by atoms with van der Waals surface area (Å²) < 4.78 is 53.5. The molecule has 2 aromatic carbocycles. The third-order valence-corrected chi connectivity index (χ3v) is 6.65. The maximum atomic E-state index is 14.0. The highest BCUT2D eigenvalue weighted by Gasteiger charge is 2.47. The van der Waals surface area contributed by atoms with Gasteiger partial charge in [0.05, 0.1) is 26.5 Å². The Morgan fingerprint density at radius 2 is 1.86 bits per heavy atom. The molecule has 0 fully saturated rings. The Bertz CT molecular complexity index is 1270. The lowest BCUT2D eigenvalue weighted by Crippen LogP contribution is -2.36. The smallest absolute Gasteiger partial charge is 0.410 e. The first-order valence-corrected chi connectivity index (χ1v) is 11.3. The molecule has 1 aliphatic carbocycles. The van der Waals surface area contributed by atoms with E-state index in [2.05, 4.69) is 15.7 Å². The number of nitrogens with one attached hydrogen (secondary N) is 2. The topological polar surface area (TPSA) is 77.4 Å².